The molecule has 192 valence electrons. The molecule has 0 amide bonds. The number of aliphatic hydroxyl groups is 1. The van der Waals surface area contributed by atoms with Gasteiger partial charge in [-0.2, -0.15) is 0 Å². The Hall–Kier alpha value is -1.89. The van der Waals surface area contributed by atoms with Crippen LogP contribution in [0.2, 0.25) is 5.02 Å². The zero-order valence-electron chi connectivity index (χ0n) is 21.1. The highest BCUT2D eigenvalue weighted by Crippen LogP contribution is 2.36. The van der Waals surface area contributed by atoms with Crippen LogP contribution in [0, 0.1) is 6.92 Å². The average Bonchev–Trinajstić information content (AvgIpc) is 2.80. The van der Waals surface area contributed by atoms with Crippen LogP contribution in [-0.2, 0) is 26.7 Å². The lowest BCUT2D eigenvalue weighted by Gasteiger charge is -2.40. The third kappa shape index (κ3) is 7.55. The summed E-state index contributed by atoms with van der Waals surface area (Å²) in [5.74, 6) is 0.391. The molecular weight excluding hydrogens is 482 g/mol. The van der Waals surface area contributed by atoms with Gasteiger partial charge in [-0.25, -0.2) is 8.42 Å². The molecule has 1 fully saturated rings. The fourth-order valence-corrected chi connectivity index (χ4v) is 5.91. The van der Waals surface area contributed by atoms with Crippen LogP contribution in [0.4, 0.5) is 5.69 Å². The average molecular weight is 520 g/mol. The summed E-state index contributed by atoms with van der Waals surface area (Å²) in [6.07, 6.45) is 4.28. The first-order valence-electron chi connectivity index (χ1n) is 12.6. The Balaban J connectivity index is 1.47. The maximum atomic E-state index is 12.4. The Bertz CT molecular complexity index is 1100. The number of aryl methyl sites for hydroxylation is 1. The zero-order valence-corrected chi connectivity index (χ0v) is 22.7. The maximum Gasteiger partial charge on any atom is 0.152 e. The molecule has 1 saturated heterocycles. The molecule has 0 spiro atoms. The van der Waals surface area contributed by atoms with Gasteiger partial charge in [-0.15, -0.1) is 0 Å². The normalized spacial score (nSPS) is 16.0. The smallest absolute Gasteiger partial charge is 0.152 e. The molecule has 1 aliphatic heterocycles. The van der Waals surface area contributed by atoms with Crippen molar-refractivity contribution in [3.8, 4) is 0 Å². The molecule has 0 aliphatic carbocycles. The van der Waals surface area contributed by atoms with Crippen LogP contribution in [0.1, 0.15) is 69.1 Å². The Labute approximate surface area is 215 Å². The minimum atomic E-state index is -3.00. The number of halogens is 1. The number of carbonyl (C=O) groups excluding carboxylic acids is 1. The van der Waals surface area contributed by atoms with E-state index in [0.717, 1.165) is 48.3 Å². The van der Waals surface area contributed by atoms with Gasteiger partial charge >= 0.3 is 0 Å². The SMILES string of the molecule is Cc1cc(CC(=O)CCCCCS(=O)(=O)C(C)C)ccc1N1CCC(O)(c2ccc(Cl)cc2)CC1. The predicted octanol–water partition coefficient (Wildman–Crippen LogP) is 5.63. The van der Waals surface area contributed by atoms with Gasteiger partial charge in [0.2, 0.25) is 0 Å². The van der Waals surface area contributed by atoms with Gasteiger partial charge < -0.3 is 10.0 Å². The summed E-state index contributed by atoms with van der Waals surface area (Å²) in [5, 5.41) is 11.5. The van der Waals surface area contributed by atoms with E-state index >= 15 is 0 Å². The molecule has 1 aliphatic rings. The van der Waals surface area contributed by atoms with Crippen LogP contribution < -0.4 is 4.90 Å². The van der Waals surface area contributed by atoms with Crippen molar-refractivity contribution in [2.75, 3.05) is 23.7 Å². The number of benzene rings is 2. The first-order chi connectivity index (χ1) is 16.5. The van der Waals surface area contributed by atoms with E-state index in [-0.39, 0.29) is 16.8 Å². The van der Waals surface area contributed by atoms with Gasteiger partial charge in [0.25, 0.3) is 0 Å². The van der Waals surface area contributed by atoms with Gasteiger partial charge in [-0.05, 0) is 81.3 Å². The Kier molecular flexibility index (Phi) is 9.41. The lowest BCUT2D eigenvalue weighted by Crippen LogP contribution is -2.42. The number of hydrogen-bond acceptors (Lipinski definition) is 5. The highest BCUT2D eigenvalue weighted by Gasteiger charge is 2.34. The molecule has 35 heavy (non-hydrogen) atoms. The van der Waals surface area contributed by atoms with E-state index < -0.39 is 15.4 Å². The highest BCUT2D eigenvalue weighted by atomic mass is 35.5. The van der Waals surface area contributed by atoms with Crippen LogP contribution in [0.25, 0.3) is 0 Å². The second-order valence-corrected chi connectivity index (χ2v) is 13.2. The van der Waals surface area contributed by atoms with Crippen molar-refractivity contribution in [2.24, 2.45) is 0 Å². The highest BCUT2D eigenvalue weighted by molar-refractivity contribution is 7.91. The largest absolute Gasteiger partial charge is 0.385 e. The third-order valence-electron chi connectivity index (χ3n) is 7.08. The van der Waals surface area contributed by atoms with E-state index in [1.165, 1.54) is 0 Å². The van der Waals surface area contributed by atoms with Crippen molar-refractivity contribution < 1.29 is 18.3 Å². The van der Waals surface area contributed by atoms with E-state index in [1.54, 1.807) is 13.8 Å². The van der Waals surface area contributed by atoms with Gasteiger partial charge in [0.05, 0.1) is 16.6 Å². The Morgan fingerprint density at radius 2 is 1.71 bits per heavy atom. The van der Waals surface area contributed by atoms with E-state index in [0.29, 0.717) is 37.1 Å². The topological polar surface area (TPSA) is 74.7 Å². The summed E-state index contributed by atoms with van der Waals surface area (Å²) >= 11 is 5.99. The molecule has 2 aromatic carbocycles. The molecule has 1 heterocycles. The number of ketones is 1. The van der Waals surface area contributed by atoms with Crippen molar-refractivity contribution in [1.29, 1.82) is 0 Å². The van der Waals surface area contributed by atoms with Gasteiger partial charge in [0, 0.05) is 36.6 Å². The third-order valence-corrected chi connectivity index (χ3v) is 9.62. The molecule has 5 nitrogen and oxygen atoms in total. The van der Waals surface area contributed by atoms with E-state index in [4.69, 9.17) is 11.6 Å². The second-order valence-electron chi connectivity index (χ2n) is 10.1. The Morgan fingerprint density at radius 1 is 1.06 bits per heavy atom. The predicted molar refractivity (Wildman–Crippen MR) is 144 cm³/mol. The lowest BCUT2D eigenvalue weighted by atomic mass is 9.84. The van der Waals surface area contributed by atoms with Crippen molar-refractivity contribution in [3.05, 3.63) is 64.2 Å². The molecule has 3 rings (SSSR count). The van der Waals surface area contributed by atoms with Gasteiger partial charge in [0.1, 0.15) is 5.78 Å². The van der Waals surface area contributed by atoms with Gasteiger partial charge in [0.15, 0.2) is 9.84 Å². The molecule has 1 N–H and O–H groups in total. The summed E-state index contributed by atoms with van der Waals surface area (Å²) in [7, 11) is -3.00. The number of hydrogen-bond donors (Lipinski definition) is 1. The van der Waals surface area contributed by atoms with Gasteiger partial charge in [-0.1, -0.05) is 42.3 Å². The molecule has 0 unspecified atom stereocenters. The summed E-state index contributed by atoms with van der Waals surface area (Å²) in [6.45, 7) is 6.99. The molecule has 7 heteroatoms. The minimum Gasteiger partial charge on any atom is -0.385 e. The first-order valence-corrected chi connectivity index (χ1v) is 14.7. The number of carbonyl (C=O) groups is 1. The standard InChI is InChI=1S/C28H38ClNO4S/c1-21(2)35(33,34)18-6-4-5-7-26(31)20-23-8-13-27(22(3)19-23)30-16-14-28(32,15-17-30)24-9-11-25(29)12-10-24/h8-13,19,21,32H,4-7,14-18,20H2,1-3H3. The summed E-state index contributed by atoms with van der Waals surface area (Å²) < 4.78 is 23.7. The molecule has 0 saturated carbocycles. The van der Waals surface area contributed by atoms with Crippen molar-refractivity contribution in [1.82, 2.24) is 0 Å². The quantitative estimate of drug-likeness (QED) is 0.389. The van der Waals surface area contributed by atoms with Crippen LogP contribution in [0.15, 0.2) is 42.5 Å². The van der Waals surface area contributed by atoms with Crippen LogP contribution in [0.3, 0.4) is 0 Å². The van der Waals surface area contributed by atoms with Crippen molar-refractivity contribution >= 4 is 32.9 Å². The second kappa shape index (κ2) is 11.9. The van der Waals surface area contributed by atoms with Gasteiger partial charge in [-0.3, -0.25) is 4.79 Å². The monoisotopic (exact) mass is 519 g/mol. The van der Waals surface area contributed by atoms with Crippen molar-refractivity contribution in [3.63, 3.8) is 0 Å². The summed E-state index contributed by atoms with van der Waals surface area (Å²) in [5.41, 5.74) is 3.36. The number of rotatable bonds is 11. The fraction of sp³-hybridized carbons (Fsp3) is 0.536. The molecule has 0 atom stereocenters. The Morgan fingerprint density at radius 3 is 2.31 bits per heavy atom. The number of nitrogens with zero attached hydrogens (tertiary/aromatic N) is 1. The lowest BCUT2D eigenvalue weighted by molar-refractivity contribution is -0.118. The summed E-state index contributed by atoms with van der Waals surface area (Å²) in [6, 6.07) is 13.6. The first kappa shape index (κ1) is 27.7. The van der Waals surface area contributed by atoms with Crippen LogP contribution >= 0.6 is 11.6 Å². The van der Waals surface area contributed by atoms with Crippen LogP contribution in [0.5, 0.6) is 0 Å². The molecule has 0 aromatic heterocycles. The molecule has 0 bridgehead atoms. The number of sulfone groups is 1. The summed E-state index contributed by atoms with van der Waals surface area (Å²) in [4.78, 5) is 14.7. The van der Waals surface area contributed by atoms with E-state index in [2.05, 4.69) is 24.0 Å². The maximum absolute atomic E-state index is 12.4. The number of unbranched alkanes of at least 4 members (excludes halogenated alkanes) is 2. The number of anilines is 1. The zero-order chi connectivity index (χ0) is 25.6. The van der Waals surface area contributed by atoms with E-state index in [1.807, 2.05) is 30.3 Å². The fourth-order valence-electron chi connectivity index (χ4n) is 4.70. The van der Waals surface area contributed by atoms with Crippen LogP contribution in [-0.4, -0.2) is 43.4 Å². The van der Waals surface area contributed by atoms with E-state index in [9.17, 15) is 18.3 Å². The number of piperidine rings is 1. The number of Topliss-reactive ketones (excluding diaryl/α,β-unsaturated/α-hetero) is 1. The van der Waals surface area contributed by atoms with Crippen molar-refractivity contribution in [2.45, 2.75) is 76.6 Å². The minimum absolute atomic E-state index is 0.190. The molecule has 0 radical (unpaired) electrons. The molecular formula is C28H38ClNO4S. The molecule has 2 aromatic rings.